The van der Waals surface area contributed by atoms with E-state index in [0.29, 0.717) is 15.6 Å². The van der Waals surface area contributed by atoms with Crippen molar-refractivity contribution >= 4 is 21.4 Å². The molecule has 0 bridgehead atoms. The molecule has 0 aromatic carbocycles. The van der Waals surface area contributed by atoms with Gasteiger partial charge in [0.25, 0.3) is 10.0 Å². The predicted octanol–water partition coefficient (Wildman–Crippen LogP) is 1.97. The molecule has 0 unspecified atom stereocenters. The molecule has 0 saturated carbocycles. The third-order valence-corrected chi connectivity index (χ3v) is 6.16. The van der Waals surface area contributed by atoms with Gasteiger partial charge in [0.05, 0.1) is 6.61 Å². The van der Waals surface area contributed by atoms with Crippen molar-refractivity contribution in [2.24, 2.45) is 0 Å². The second-order valence-electron chi connectivity index (χ2n) is 4.01. The fourth-order valence-electron chi connectivity index (χ4n) is 1.43. The Kier molecular flexibility index (Phi) is 5.12. The summed E-state index contributed by atoms with van der Waals surface area (Å²) in [5, 5.41) is 9.08. The Morgan fingerprint density at radius 3 is 2.59 bits per heavy atom. The highest BCUT2D eigenvalue weighted by Gasteiger charge is 2.23. The minimum absolute atomic E-state index is 0.106. The standard InChI is InChI=1S/C11H19NO3S2/c1-4-5-6-12(3)17(14,15)11-7-9(2)10(8-13)16-11/h7,13H,4-6,8H2,1-3H3. The lowest BCUT2D eigenvalue weighted by Crippen LogP contribution is -2.27. The largest absolute Gasteiger partial charge is 0.391 e. The van der Waals surface area contributed by atoms with Crippen molar-refractivity contribution in [3.05, 3.63) is 16.5 Å². The molecule has 6 heteroatoms. The van der Waals surface area contributed by atoms with E-state index >= 15 is 0 Å². The molecule has 0 spiro atoms. The highest BCUT2D eigenvalue weighted by molar-refractivity contribution is 7.91. The van der Waals surface area contributed by atoms with Crippen LogP contribution in [0.3, 0.4) is 0 Å². The first kappa shape index (κ1) is 14.6. The van der Waals surface area contributed by atoms with Crippen molar-refractivity contribution in [1.82, 2.24) is 4.31 Å². The minimum Gasteiger partial charge on any atom is -0.391 e. The topological polar surface area (TPSA) is 57.6 Å². The average molecular weight is 277 g/mol. The lowest BCUT2D eigenvalue weighted by Gasteiger charge is -2.15. The molecule has 0 saturated heterocycles. The maximum Gasteiger partial charge on any atom is 0.252 e. The van der Waals surface area contributed by atoms with Crippen LogP contribution in [0.25, 0.3) is 0 Å². The minimum atomic E-state index is -3.38. The van der Waals surface area contributed by atoms with Crippen LogP contribution in [-0.2, 0) is 16.6 Å². The number of rotatable bonds is 6. The Bertz CT molecular complexity index is 465. The number of nitrogens with zero attached hydrogens (tertiary/aromatic N) is 1. The number of unbranched alkanes of at least 4 members (excludes halogenated alkanes) is 1. The highest BCUT2D eigenvalue weighted by atomic mass is 32.2. The summed E-state index contributed by atoms with van der Waals surface area (Å²) in [5.41, 5.74) is 0.833. The summed E-state index contributed by atoms with van der Waals surface area (Å²) < 4.78 is 26.0. The molecule has 1 heterocycles. The van der Waals surface area contributed by atoms with E-state index in [1.165, 1.54) is 4.31 Å². The molecule has 1 aromatic heterocycles. The van der Waals surface area contributed by atoms with Crippen molar-refractivity contribution in [2.45, 2.75) is 37.5 Å². The summed E-state index contributed by atoms with van der Waals surface area (Å²) in [5.74, 6) is 0. The number of aryl methyl sites for hydroxylation is 1. The predicted molar refractivity (Wildman–Crippen MR) is 69.7 cm³/mol. The zero-order valence-electron chi connectivity index (χ0n) is 10.4. The summed E-state index contributed by atoms with van der Waals surface area (Å²) in [6, 6.07) is 1.63. The molecule has 0 aliphatic heterocycles. The van der Waals surface area contributed by atoms with E-state index in [1.54, 1.807) is 13.1 Å². The van der Waals surface area contributed by atoms with Gasteiger partial charge in [-0.25, -0.2) is 12.7 Å². The van der Waals surface area contributed by atoms with Gasteiger partial charge in [0.1, 0.15) is 4.21 Å². The van der Waals surface area contributed by atoms with Gasteiger partial charge in [0, 0.05) is 18.5 Å². The van der Waals surface area contributed by atoms with Gasteiger partial charge in [-0.15, -0.1) is 11.3 Å². The Morgan fingerprint density at radius 1 is 1.47 bits per heavy atom. The van der Waals surface area contributed by atoms with E-state index in [1.807, 2.05) is 13.8 Å². The van der Waals surface area contributed by atoms with Crippen molar-refractivity contribution in [3.8, 4) is 0 Å². The second-order valence-corrected chi connectivity index (χ2v) is 7.42. The zero-order valence-corrected chi connectivity index (χ0v) is 12.1. The number of aliphatic hydroxyl groups excluding tert-OH is 1. The summed E-state index contributed by atoms with van der Waals surface area (Å²) >= 11 is 1.15. The molecule has 0 atom stereocenters. The van der Waals surface area contributed by atoms with Crippen LogP contribution in [0.5, 0.6) is 0 Å². The van der Waals surface area contributed by atoms with Gasteiger partial charge in [-0.3, -0.25) is 0 Å². The molecule has 0 amide bonds. The molecule has 1 rings (SSSR count). The first-order valence-corrected chi connectivity index (χ1v) is 7.85. The van der Waals surface area contributed by atoms with Crippen LogP contribution in [0.15, 0.2) is 10.3 Å². The molecule has 0 radical (unpaired) electrons. The Labute approximate surface area is 107 Å². The van der Waals surface area contributed by atoms with E-state index in [2.05, 4.69) is 0 Å². The van der Waals surface area contributed by atoms with E-state index in [-0.39, 0.29) is 6.61 Å². The van der Waals surface area contributed by atoms with Crippen LogP contribution >= 0.6 is 11.3 Å². The normalized spacial score (nSPS) is 12.3. The van der Waals surface area contributed by atoms with Gasteiger partial charge in [0.2, 0.25) is 0 Å². The number of hydrogen-bond donors (Lipinski definition) is 1. The average Bonchev–Trinajstić information content (AvgIpc) is 2.67. The Hall–Kier alpha value is -0.430. The molecular formula is C11H19NO3S2. The summed E-state index contributed by atoms with van der Waals surface area (Å²) in [6.07, 6.45) is 1.82. The van der Waals surface area contributed by atoms with Gasteiger partial charge in [0.15, 0.2) is 0 Å². The van der Waals surface area contributed by atoms with Crippen LogP contribution in [0.4, 0.5) is 0 Å². The number of sulfonamides is 1. The zero-order chi connectivity index (χ0) is 13.1. The lowest BCUT2D eigenvalue weighted by atomic mass is 10.3. The summed E-state index contributed by atoms with van der Waals surface area (Å²) in [6.45, 7) is 4.27. The molecule has 98 valence electrons. The van der Waals surface area contributed by atoms with Crippen LogP contribution in [0.2, 0.25) is 0 Å². The van der Waals surface area contributed by atoms with Gasteiger partial charge < -0.3 is 5.11 Å². The van der Waals surface area contributed by atoms with Crippen molar-refractivity contribution < 1.29 is 13.5 Å². The third kappa shape index (κ3) is 3.28. The maximum atomic E-state index is 12.2. The second kappa shape index (κ2) is 5.95. The lowest BCUT2D eigenvalue weighted by molar-refractivity contribution is 0.285. The van der Waals surface area contributed by atoms with E-state index in [9.17, 15) is 8.42 Å². The van der Waals surface area contributed by atoms with Gasteiger partial charge in [-0.1, -0.05) is 13.3 Å². The van der Waals surface area contributed by atoms with Gasteiger partial charge in [-0.05, 0) is 25.0 Å². The molecular weight excluding hydrogens is 258 g/mol. The molecule has 0 aliphatic carbocycles. The van der Waals surface area contributed by atoms with Crippen molar-refractivity contribution in [3.63, 3.8) is 0 Å². The summed E-state index contributed by atoms with van der Waals surface area (Å²) in [7, 11) is -1.79. The number of hydrogen-bond acceptors (Lipinski definition) is 4. The van der Waals surface area contributed by atoms with Gasteiger partial charge in [-0.2, -0.15) is 0 Å². The van der Waals surface area contributed by atoms with Gasteiger partial charge >= 0.3 is 0 Å². The monoisotopic (exact) mass is 277 g/mol. The molecule has 1 aromatic rings. The van der Waals surface area contributed by atoms with Crippen LogP contribution in [-0.4, -0.2) is 31.4 Å². The quantitative estimate of drug-likeness (QED) is 0.865. The van der Waals surface area contributed by atoms with Crippen molar-refractivity contribution in [1.29, 1.82) is 0 Å². The maximum absolute atomic E-state index is 12.2. The first-order valence-electron chi connectivity index (χ1n) is 5.60. The van der Waals surface area contributed by atoms with E-state index in [0.717, 1.165) is 29.7 Å². The van der Waals surface area contributed by atoms with Crippen LogP contribution in [0.1, 0.15) is 30.2 Å². The fourth-order valence-corrected chi connectivity index (χ4v) is 4.30. The smallest absolute Gasteiger partial charge is 0.252 e. The third-order valence-electron chi connectivity index (χ3n) is 2.63. The van der Waals surface area contributed by atoms with Crippen LogP contribution in [0, 0.1) is 6.92 Å². The first-order chi connectivity index (χ1) is 7.93. The summed E-state index contributed by atoms with van der Waals surface area (Å²) in [4.78, 5) is 0.715. The van der Waals surface area contributed by atoms with E-state index < -0.39 is 10.0 Å². The van der Waals surface area contributed by atoms with E-state index in [4.69, 9.17) is 5.11 Å². The van der Waals surface area contributed by atoms with Crippen LogP contribution < -0.4 is 0 Å². The SMILES string of the molecule is CCCCN(C)S(=O)(=O)c1cc(C)c(CO)s1. The van der Waals surface area contributed by atoms with Crippen molar-refractivity contribution in [2.75, 3.05) is 13.6 Å². The number of thiophene rings is 1. The molecule has 0 fully saturated rings. The highest BCUT2D eigenvalue weighted by Crippen LogP contribution is 2.28. The molecule has 4 nitrogen and oxygen atoms in total. The number of aliphatic hydroxyl groups is 1. The Morgan fingerprint density at radius 2 is 2.12 bits per heavy atom. The molecule has 1 N–H and O–H groups in total. The molecule has 0 aliphatic rings. The Balaban J connectivity index is 2.96. The fraction of sp³-hybridized carbons (Fsp3) is 0.636. The molecule has 17 heavy (non-hydrogen) atoms.